The zero-order valence-corrected chi connectivity index (χ0v) is 8.94. The third kappa shape index (κ3) is 2.36. The molecule has 0 radical (unpaired) electrons. The molecule has 0 bridgehead atoms. The van der Waals surface area contributed by atoms with Gasteiger partial charge in [-0.15, -0.1) is 0 Å². The summed E-state index contributed by atoms with van der Waals surface area (Å²) in [6.07, 6.45) is -4.10. The van der Waals surface area contributed by atoms with Crippen molar-refractivity contribution in [2.24, 2.45) is 0 Å². The van der Waals surface area contributed by atoms with Crippen LogP contribution in [0.4, 0.5) is 23.2 Å². The van der Waals surface area contributed by atoms with Crippen LogP contribution >= 0.6 is 0 Å². The minimum Gasteiger partial charge on any atom is -0.396 e. The van der Waals surface area contributed by atoms with E-state index in [1.54, 1.807) is 0 Å². The maximum absolute atomic E-state index is 13.1. The average Bonchev–Trinajstić information content (AvgIpc) is 3.00. The van der Waals surface area contributed by atoms with E-state index in [1.807, 2.05) is 0 Å². The van der Waals surface area contributed by atoms with E-state index in [4.69, 9.17) is 5.73 Å². The van der Waals surface area contributed by atoms with Gasteiger partial charge < -0.3 is 5.73 Å². The molecule has 0 amide bonds. The molecule has 3 N–H and O–H groups in total. The first-order valence-electron chi connectivity index (χ1n) is 5.20. The van der Waals surface area contributed by atoms with E-state index in [2.05, 4.69) is 5.32 Å². The Balaban J connectivity index is 2.01. The van der Waals surface area contributed by atoms with E-state index in [-0.39, 0.29) is 25.1 Å². The molecule has 2 rings (SSSR count). The van der Waals surface area contributed by atoms with Crippen molar-refractivity contribution in [2.75, 3.05) is 5.73 Å². The Labute approximate surface area is 95.8 Å². The Morgan fingerprint density at radius 2 is 1.94 bits per heavy atom. The molecule has 0 atom stereocenters. The molecule has 94 valence electrons. The van der Waals surface area contributed by atoms with Gasteiger partial charge in [-0.05, 0) is 30.5 Å². The predicted octanol–water partition coefficient (Wildman–Crippen LogP) is 2.59. The first-order valence-corrected chi connectivity index (χ1v) is 5.20. The molecular weight excluding hydrogens is 236 g/mol. The maximum Gasteiger partial charge on any atom is 0.406 e. The van der Waals surface area contributed by atoms with Crippen LogP contribution in [0, 0.1) is 5.82 Å². The van der Waals surface area contributed by atoms with Gasteiger partial charge >= 0.3 is 6.18 Å². The molecule has 2 nitrogen and oxygen atoms in total. The summed E-state index contributed by atoms with van der Waals surface area (Å²) in [5.41, 5.74) is 3.95. The van der Waals surface area contributed by atoms with Gasteiger partial charge in [-0.2, -0.15) is 13.2 Å². The molecule has 1 saturated carbocycles. The summed E-state index contributed by atoms with van der Waals surface area (Å²) < 4.78 is 50.8. The summed E-state index contributed by atoms with van der Waals surface area (Å²) >= 11 is 0. The highest BCUT2D eigenvalue weighted by molar-refractivity contribution is 5.41. The molecule has 0 aliphatic heterocycles. The lowest BCUT2D eigenvalue weighted by Crippen LogP contribution is -2.44. The maximum atomic E-state index is 13.1. The van der Waals surface area contributed by atoms with Crippen molar-refractivity contribution < 1.29 is 17.6 Å². The standard InChI is InChI=1S/C11H12F4N2/c12-8-5-7(1-2-9(8)16)6-17-10(3-4-10)11(13,14)15/h1-2,5,17H,3-4,6,16H2. The van der Waals surface area contributed by atoms with Crippen molar-refractivity contribution in [3.63, 3.8) is 0 Å². The number of nitrogens with two attached hydrogens (primary N) is 1. The highest BCUT2D eigenvalue weighted by atomic mass is 19.4. The molecule has 1 aromatic carbocycles. The van der Waals surface area contributed by atoms with Crippen molar-refractivity contribution in [1.29, 1.82) is 0 Å². The van der Waals surface area contributed by atoms with Crippen LogP contribution in [0.2, 0.25) is 0 Å². The smallest absolute Gasteiger partial charge is 0.396 e. The van der Waals surface area contributed by atoms with Crippen molar-refractivity contribution >= 4 is 5.69 Å². The molecule has 0 saturated heterocycles. The van der Waals surface area contributed by atoms with Crippen molar-refractivity contribution in [1.82, 2.24) is 5.32 Å². The van der Waals surface area contributed by atoms with Crippen LogP contribution in [0.15, 0.2) is 18.2 Å². The molecule has 1 fully saturated rings. The van der Waals surface area contributed by atoms with Gasteiger partial charge in [-0.25, -0.2) is 4.39 Å². The van der Waals surface area contributed by atoms with E-state index in [0.717, 1.165) is 6.07 Å². The molecule has 6 heteroatoms. The second-order valence-corrected chi connectivity index (χ2v) is 4.29. The highest BCUT2D eigenvalue weighted by Crippen LogP contribution is 2.49. The summed E-state index contributed by atoms with van der Waals surface area (Å²) in [5, 5.41) is 2.44. The van der Waals surface area contributed by atoms with E-state index in [9.17, 15) is 17.6 Å². The van der Waals surface area contributed by atoms with Gasteiger partial charge in [-0.1, -0.05) is 6.07 Å². The van der Waals surface area contributed by atoms with Gasteiger partial charge in [-0.3, -0.25) is 5.32 Å². The Hall–Kier alpha value is -1.30. The fourth-order valence-corrected chi connectivity index (χ4v) is 1.64. The van der Waals surface area contributed by atoms with Gasteiger partial charge in [0.05, 0.1) is 5.69 Å². The molecule has 0 spiro atoms. The van der Waals surface area contributed by atoms with Crippen LogP contribution in [-0.2, 0) is 6.54 Å². The van der Waals surface area contributed by atoms with E-state index >= 15 is 0 Å². The topological polar surface area (TPSA) is 38.0 Å². The van der Waals surface area contributed by atoms with Gasteiger partial charge in [0.1, 0.15) is 11.4 Å². The van der Waals surface area contributed by atoms with Gasteiger partial charge in [0.25, 0.3) is 0 Å². The van der Waals surface area contributed by atoms with E-state index in [1.165, 1.54) is 12.1 Å². The van der Waals surface area contributed by atoms with Crippen molar-refractivity contribution in [2.45, 2.75) is 31.1 Å². The van der Waals surface area contributed by atoms with Crippen LogP contribution in [0.5, 0.6) is 0 Å². The zero-order chi connectivity index (χ0) is 12.7. The van der Waals surface area contributed by atoms with Crippen molar-refractivity contribution in [3.8, 4) is 0 Å². The number of nitrogen functional groups attached to an aromatic ring is 1. The van der Waals surface area contributed by atoms with Crippen LogP contribution in [0.25, 0.3) is 0 Å². The number of anilines is 1. The van der Waals surface area contributed by atoms with E-state index in [0.29, 0.717) is 5.56 Å². The largest absolute Gasteiger partial charge is 0.406 e. The molecule has 0 aromatic heterocycles. The molecular formula is C11H12F4N2. The first-order chi connectivity index (χ1) is 7.84. The second-order valence-electron chi connectivity index (χ2n) is 4.29. The molecule has 1 aliphatic rings. The quantitative estimate of drug-likeness (QED) is 0.637. The van der Waals surface area contributed by atoms with Crippen LogP contribution in [-0.4, -0.2) is 11.7 Å². The number of benzene rings is 1. The zero-order valence-electron chi connectivity index (χ0n) is 8.94. The van der Waals surface area contributed by atoms with Gasteiger partial charge in [0, 0.05) is 6.54 Å². The Morgan fingerprint density at radius 1 is 1.29 bits per heavy atom. The number of hydrogen-bond acceptors (Lipinski definition) is 2. The highest BCUT2D eigenvalue weighted by Gasteiger charge is 2.62. The normalized spacial score (nSPS) is 18.1. The van der Waals surface area contributed by atoms with Crippen LogP contribution < -0.4 is 11.1 Å². The molecule has 1 aromatic rings. The predicted molar refractivity (Wildman–Crippen MR) is 55.7 cm³/mol. The number of nitrogens with one attached hydrogen (secondary N) is 1. The molecule has 17 heavy (non-hydrogen) atoms. The Bertz CT molecular complexity index is 424. The summed E-state index contributed by atoms with van der Waals surface area (Å²) in [5.74, 6) is -0.610. The SMILES string of the molecule is Nc1ccc(CNC2(C(F)(F)F)CC2)cc1F. The third-order valence-electron chi connectivity index (χ3n) is 2.99. The lowest BCUT2D eigenvalue weighted by Gasteiger charge is -2.20. The Kier molecular flexibility index (Phi) is 2.77. The lowest BCUT2D eigenvalue weighted by molar-refractivity contribution is -0.166. The number of rotatable bonds is 3. The second kappa shape index (κ2) is 3.87. The summed E-state index contributed by atoms with van der Waals surface area (Å²) in [7, 11) is 0. The number of halogens is 4. The van der Waals surface area contributed by atoms with Crippen molar-refractivity contribution in [3.05, 3.63) is 29.6 Å². The minimum atomic E-state index is -4.25. The van der Waals surface area contributed by atoms with Gasteiger partial charge in [0.15, 0.2) is 0 Å². The molecule has 0 heterocycles. The average molecular weight is 248 g/mol. The Morgan fingerprint density at radius 3 is 2.41 bits per heavy atom. The van der Waals surface area contributed by atoms with Crippen LogP contribution in [0.3, 0.4) is 0 Å². The number of alkyl halides is 3. The fourth-order valence-electron chi connectivity index (χ4n) is 1.64. The lowest BCUT2D eigenvalue weighted by atomic mass is 10.1. The summed E-state index contributed by atoms with van der Waals surface area (Å²) in [6, 6.07) is 4.01. The van der Waals surface area contributed by atoms with Crippen LogP contribution in [0.1, 0.15) is 18.4 Å². The molecule has 1 aliphatic carbocycles. The first kappa shape index (κ1) is 12.2. The summed E-state index contributed by atoms with van der Waals surface area (Å²) in [4.78, 5) is 0. The minimum absolute atomic E-state index is 0.00861. The third-order valence-corrected chi connectivity index (χ3v) is 2.99. The summed E-state index contributed by atoms with van der Waals surface area (Å²) in [6.45, 7) is -0.0172. The number of hydrogen-bond donors (Lipinski definition) is 2. The van der Waals surface area contributed by atoms with E-state index < -0.39 is 17.5 Å². The monoisotopic (exact) mass is 248 g/mol. The molecule has 0 unspecified atom stereocenters. The van der Waals surface area contributed by atoms with Gasteiger partial charge in [0.2, 0.25) is 0 Å². The fraction of sp³-hybridized carbons (Fsp3) is 0.455.